The molecule has 47 heavy (non-hydrogen) atoms. The first-order valence-electron chi connectivity index (χ1n) is 15.8. The number of nitrogens with one attached hydrogen (secondary N) is 1. The van der Waals surface area contributed by atoms with Gasteiger partial charge in [-0.25, -0.2) is 13.2 Å². The van der Waals surface area contributed by atoms with Gasteiger partial charge in [-0.05, 0) is 56.3 Å². The Bertz CT molecular complexity index is 1800. The molecule has 4 aliphatic heterocycles. The number of aromatic nitrogens is 2. The summed E-state index contributed by atoms with van der Waals surface area (Å²) >= 11 is 7.62. The van der Waals surface area contributed by atoms with Crippen LogP contribution in [0, 0.1) is 23.0 Å². The molecule has 3 N–H and O–H groups in total. The van der Waals surface area contributed by atoms with E-state index < -0.39 is 17.8 Å². The highest BCUT2D eigenvalue weighted by Crippen LogP contribution is 2.46. The molecule has 0 amide bonds. The molecule has 252 valence electrons. The molecule has 4 atom stereocenters. The average Bonchev–Trinajstić information content (AvgIpc) is 3.81. The quantitative estimate of drug-likeness (QED) is 0.231. The van der Waals surface area contributed by atoms with Crippen molar-refractivity contribution in [3.8, 4) is 23.2 Å². The van der Waals surface area contributed by atoms with Crippen LogP contribution in [0.1, 0.15) is 51.5 Å². The van der Waals surface area contributed by atoms with Gasteiger partial charge in [-0.1, -0.05) is 31.5 Å². The van der Waals surface area contributed by atoms with Gasteiger partial charge in [0.05, 0.1) is 22.4 Å². The molecule has 4 unspecified atom stereocenters. The third kappa shape index (κ3) is 6.55. The Morgan fingerprint density at radius 2 is 1.85 bits per heavy atom. The van der Waals surface area contributed by atoms with E-state index in [1.807, 2.05) is 19.9 Å². The van der Waals surface area contributed by atoms with Crippen molar-refractivity contribution < 1.29 is 17.9 Å². The van der Waals surface area contributed by atoms with Gasteiger partial charge in [0.15, 0.2) is 5.82 Å². The van der Waals surface area contributed by atoms with Crippen LogP contribution >= 0.6 is 36.4 Å². The van der Waals surface area contributed by atoms with Crippen LogP contribution in [-0.4, -0.2) is 72.5 Å². The van der Waals surface area contributed by atoms with Gasteiger partial charge in [-0.3, -0.25) is 4.90 Å². The fourth-order valence-electron chi connectivity index (χ4n) is 7.24. The summed E-state index contributed by atoms with van der Waals surface area (Å²) in [6.07, 6.45) is 4.96. The number of ether oxygens (including phenoxy) is 1. The SMILES string of the molecule is CC.COc1nc(N2CC3CCC(C2)N3)c2cc(Cl)c(-c3ccc(F)c4sc(N)c(C#N)c34)c(F)c2n1.FC1CC2CCCN2C1.S. The number of methoxy groups -OCH3 is 1. The molecule has 8 rings (SSSR count). The maximum Gasteiger partial charge on any atom is 0.318 e. The third-order valence-corrected chi connectivity index (χ3v) is 10.5. The van der Waals surface area contributed by atoms with E-state index in [4.69, 9.17) is 22.1 Å². The molecule has 4 aromatic rings. The Morgan fingerprint density at radius 1 is 1.13 bits per heavy atom. The van der Waals surface area contributed by atoms with E-state index in [0.29, 0.717) is 35.9 Å². The number of halogens is 4. The maximum absolute atomic E-state index is 16.3. The van der Waals surface area contributed by atoms with E-state index in [1.54, 1.807) is 6.07 Å². The van der Waals surface area contributed by atoms with Crippen LogP contribution in [0.5, 0.6) is 6.01 Å². The van der Waals surface area contributed by atoms with Crippen LogP contribution in [0.3, 0.4) is 0 Å². The van der Waals surface area contributed by atoms with Crippen LogP contribution in [0.2, 0.25) is 5.02 Å². The van der Waals surface area contributed by atoms with Crippen molar-refractivity contribution in [2.75, 3.05) is 43.9 Å². The van der Waals surface area contributed by atoms with Crippen molar-refractivity contribution in [3.05, 3.63) is 40.4 Å². The van der Waals surface area contributed by atoms with Gasteiger partial charge in [0, 0.05) is 54.1 Å². The van der Waals surface area contributed by atoms with Crippen molar-refractivity contribution in [3.63, 3.8) is 0 Å². The van der Waals surface area contributed by atoms with E-state index >= 15 is 4.39 Å². The number of piperazine rings is 1. The summed E-state index contributed by atoms with van der Waals surface area (Å²) in [7, 11) is 1.43. The number of thiophene rings is 1. The van der Waals surface area contributed by atoms with Gasteiger partial charge in [0.1, 0.15) is 34.4 Å². The standard InChI is InChI=1S/C24H19ClF2N6OS.C7H12FN.C2H6.H2S/c1-34-24-31-20-13(23(32-24)33-8-10-2-3-11(9-33)30-10)6-15(25)18(19(20)27)12-4-5-16(26)21-17(12)14(7-28)22(29)35-21;8-6-4-7-2-1-3-9(7)5-6;1-2;/h4-6,10-11,30H,2-3,8-9,29H2,1H3;6-7H,1-5H2;1-2H3;1H2. The molecule has 4 fully saturated rings. The zero-order valence-corrected chi connectivity index (χ0v) is 29.1. The van der Waals surface area contributed by atoms with E-state index in [9.17, 15) is 14.0 Å². The Hall–Kier alpha value is -3.02. The Kier molecular flexibility index (Phi) is 11.0. The van der Waals surface area contributed by atoms with E-state index in [1.165, 1.54) is 32.1 Å². The van der Waals surface area contributed by atoms with Crippen LogP contribution in [0.4, 0.5) is 24.0 Å². The smallest absolute Gasteiger partial charge is 0.318 e. The summed E-state index contributed by atoms with van der Waals surface area (Å²) in [6, 6.07) is 7.59. The lowest BCUT2D eigenvalue weighted by Gasteiger charge is -2.34. The second-order valence-electron chi connectivity index (χ2n) is 11.9. The third-order valence-electron chi connectivity index (χ3n) is 9.20. The maximum atomic E-state index is 16.3. The number of alkyl halides is 1. The highest BCUT2D eigenvalue weighted by Gasteiger charge is 2.36. The number of rotatable bonds is 3. The van der Waals surface area contributed by atoms with Crippen molar-refractivity contribution in [2.45, 2.75) is 70.2 Å². The first-order chi connectivity index (χ1) is 22.2. The molecule has 0 spiro atoms. The number of nitrogens with zero attached hydrogens (tertiary/aromatic N) is 5. The summed E-state index contributed by atoms with van der Waals surface area (Å²) in [5.74, 6) is -0.688. The number of anilines is 2. The molecule has 2 bridgehead atoms. The monoisotopic (exact) mass is 705 g/mol. The second-order valence-corrected chi connectivity index (χ2v) is 13.4. The van der Waals surface area contributed by atoms with Crippen LogP contribution in [0.15, 0.2) is 18.2 Å². The largest absolute Gasteiger partial charge is 0.467 e. The number of hydrogen-bond acceptors (Lipinski definition) is 9. The lowest BCUT2D eigenvalue weighted by Crippen LogP contribution is -2.51. The Morgan fingerprint density at radius 3 is 2.51 bits per heavy atom. The lowest BCUT2D eigenvalue weighted by molar-refractivity contribution is 0.292. The molecule has 2 aromatic heterocycles. The molecule has 0 saturated carbocycles. The van der Waals surface area contributed by atoms with Crippen LogP contribution in [0.25, 0.3) is 32.1 Å². The summed E-state index contributed by atoms with van der Waals surface area (Å²) < 4.78 is 48.9. The zero-order chi connectivity index (χ0) is 32.7. The van der Waals surface area contributed by atoms with Crippen LogP contribution < -0.4 is 20.7 Å². The van der Waals surface area contributed by atoms with E-state index in [2.05, 4.69) is 25.1 Å². The summed E-state index contributed by atoms with van der Waals surface area (Å²) in [6.45, 7) is 7.31. The molecule has 4 saturated heterocycles. The normalized spacial score (nSPS) is 23.0. The van der Waals surface area contributed by atoms with Crippen LogP contribution in [-0.2, 0) is 0 Å². The molecule has 14 heteroatoms. The predicted molar refractivity (Wildman–Crippen MR) is 189 cm³/mol. The number of nitrogen functional groups attached to an aromatic ring is 1. The molecular weight excluding hydrogens is 667 g/mol. The first-order valence-corrected chi connectivity index (χ1v) is 17.0. The molecule has 8 nitrogen and oxygen atoms in total. The number of fused-ring (bicyclic) bond motifs is 5. The Balaban J connectivity index is 0.000000308. The average molecular weight is 706 g/mol. The topological polar surface area (TPSA) is 103 Å². The van der Waals surface area contributed by atoms with E-state index in [0.717, 1.165) is 50.2 Å². The second kappa shape index (κ2) is 14.6. The number of nitriles is 1. The Labute approximate surface area is 288 Å². The molecule has 0 aliphatic carbocycles. The van der Waals surface area contributed by atoms with Crippen molar-refractivity contribution in [1.29, 1.82) is 5.26 Å². The number of benzene rings is 2. The van der Waals surface area contributed by atoms with Gasteiger partial charge in [-0.15, -0.1) is 11.3 Å². The summed E-state index contributed by atoms with van der Waals surface area (Å²) in [4.78, 5) is 13.3. The zero-order valence-electron chi connectivity index (χ0n) is 26.5. The van der Waals surface area contributed by atoms with E-state index in [-0.39, 0.29) is 61.8 Å². The predicted octanol–water partition coefficient (Wildman–Crippen LogP) is 7.18. The number of hydrogen-bond donors (Lipinski definition) is 2. The van der Waals surface area contributed by atoms with Crippen molar-refractivity contribution in [2.24, 2.45) is 0 Å². The highest BCUT2D eigenvalue weighted by molar-refractivity contribution is 7.59. The highest BCUT2D eigenvalue weighted by atomic mass is 35.5. The summed E-state index contributed by atoms with van der Waals surface area (Å²) in [5, 5.41) is 14.2. The fraction of sp³-hybridized carbons (Fsp3) is 0.485. The van der Waals surface area contributed by atoms with Gasteiger partial charge < -0.3 is 20.7 Å². The van der Waals surface area contributed by atoms with Crippen molar-refractivity contribution in [1.82, 2.24) is 20.2 Å². The fourth-order valence-corrected chi connectivity index (χ4v) is 8.49. The summed E-state index contributed by atoms with van der Waals surface area (Å²) in [5.41, 5.74) is 6.39. The van der Waals surface area contributed by atoms with Gasteiger partial charge >= 0.3 is 6.01 Å². The van der Waals surface area contributed by atoms with Gasteiger partial charge in [0.2, 0.25) is 0 Å². The van der Waals surface area contributed by atoms with Gasteiger partial charge in [0.25, 0.3) is 0 Å². The molecule has 6 heterocycles. The molecule has 2 aromatic carbocycles. The molecule has 0 radical (unpaired) electrons. The minimum absolute atomic E-state index is 0. The van der Waals surface area contributed by atoms with Gasteiger partial charge in [-0.2, -0.15) is 28.7 Å². The van der Waals surface area contributed by atoms with Crippen molar-refractivity contribution >= 4 is 68.2 Å². The first kappa shape index (κ1) is 35.3. The minimum atomic E-state index is -0.700. The minimum Gasteiger partial charge on any atom is -0.467 e. The molecule has 4 aliphatic rings. The molecular formula is C33H39ClF3N7OS2. The lowest BCUT2D eigenvalue weighted by atomic mass is 9.97. The number of nitrogens with two attached hydrogens (primary N) is 1.